The van der Waals surface area contributed by atoms with Crippen LogP contribution in [0.3, 0.4) is 0 Å². The fourth-order valence-electron chi connectivity index (χ4n) is 2.27. The van der Waals surface area contributed by atoms with E-state index in [-0.39, 0.29) is 6.03 Å². The van der Waals surface area contributed by atoms with Crippen molar-refractivity contribution in [1.82, 2.24) is 5.32 Å². The molecule has 2 N–H and O–H groups in total. The lowest BCUT2D eigenvalue weighted by Crippen LogP contribution is -2.39. The molecule has 1 saturated carbocycles. The van der Waals surface area contributed by atoms with E-state index in [9.17, 15) is 4.79 Å². The zero-order valence-electron chi connectivity index (χ0n) is 10.6. The van der Waals surface area contributed by atoms with E-state index in [4.69, 9.17) is 11.6 Å². The van der Waals surface area contributed by atoms with E-state index in [1.54, 1.807) is 6.07 Å². The molecule has 1 aromatic rings. The Morgan fingerprint density at radius 2 is 2.00 bits per heavy atom. The van der Waals surface area contributed by atoms with Crippen LogP contribution >= 0.6 is 11.6 Å². The van der Waals surface area contributed by atoms with E-state index in [0.717, 1.165) is 24.1 Å². The summed E-state index contributed by atoms with van der Waals surface area (Å²) in [6.07, 6.45) is 5.88. The number of halogens is 1. The van der Waals surface area contributed by atoms with Gasteiger partial charge in [-0.25, -0.2) is 4.79 Å². The molecule has 0 heterocycles. The van der Waals surface area contributed by atoms with Gasteiger partial charge in [-0.1, -0.05) is 36.9 Å². The summed E-state index contributed by atoms with van der Waals surface area (Å²) in [6.45, 7) is 1.94. The summed E-state index contributed by atoms with van der Waals surface area (Å²) in [5.41, 5.74) is 1.74. The van der Waals surface area contributed by atoms with Crippen molar-refractivity contribution >= 4 is 23.3 Å². The minimum Gasteiger partial charge on any atom is -0.335 e. The zero-order valence-corrected chi connectivity index (χ0v) is 11.4. The molecule has 1 aliphatic carbocycles. The van der Waals surface area contributed by atoms with Crippen molar-refractivity contribution in [2.24, 2.45) is 0 Å². The van der Waals surface area contributed by atoms with Crippen molar-refractivity contribution in [3.63, 3.8) is 0 Å². The summed E-state index contributed by atoms with van der Waals surface area (Å²) < 4.78 is 0. The minimum atomic E-state index is -0.137. The lowest BCUT2D eigenvalue weighted by atomic mass is 9.96. The van der Waals surface area contributed by atoms with E-state index >= 15 is 0 Å². The van der Waals surface area contributed by atoms with Crippen LogP contribution in [0, 0.1) is 6.92 Å². The van der Waals surface area contributed by atoms with Crippen molar-refractivity contribution in [2.75, 3.05) is 5.32 Å². The van der Waals surface area contributed by atoms with Crippen LogP contribution in [0.15, 0.2) is 18.2 Å². The molecular formula is C14H19ClN2O. The second kappa shape index (κ2) is 6.10. The van der Waals surface area contributed by atoms with Crippen LogP contribution in [-0.2, 0) is 0 Å². The SMILES string of the molecule is Cc1ccc(NC(=O)NC2CCCCC2)cc1Cl. The first-order valence-electron chi connectivity index (χ1n) is 6.49. The number of aryl methyl sites for hydroxylation is 1. The van der Waals surface area contributed by atoms with Gasteiger partial charge in [-0.05, 0) is 37.5 Å². The van der Waals surface area contributed by atoms with Gasteiger partial charge in [0, 0.05) is 16.8 Å². The molecule has 1 aliphatic rings. The van der Waals surface area contributed by atoms with Crippen molar-refractivity contribution < 1.29 is 4.79 Å². The van der Waals surface area contributed by atoms with Gasteiger partial charge in [0.1, 0.15) is 0 Å². The third-order valence-electron chi connectivity index (χ3n) is 3.37. The fraction of sp³-hybridized carbons (Fsp3) is 0.500. The molecule has 2 rings (SSSR count). The summed E-state index contributed by atoms with van der Waals surface area (Å²) in [7, 11) is 0. The first kappa shape index (κ1) is 13.2. The Kier molecular flexibility index (Phi) is 4.48. The van der Waals surface area contributed by atoms with Crippen molar-refractivity contribution in [3.8, 4) is 0 Å². The Morgan fingerprint density at radius 3 is 2.67 bits per heavy atom. The van der Waals surface area contributed by atoms with Crippen LogP contribution in [0.1, 0.15) is 37.7 Å². The number of urea groups is 1. The summed E-state index contributed by atoms with van der Waals surface area (Å²) in [5.74, 6) is 0. The fourth-order valence-corrected chi connectivity index (χ4v) is 2.45. The highest BCUT2D eigenvalue weighted by Gasteiger charge is 2.15. The molecule has 1 fully saturated rings. The van der Waals surface area contributed by atoms with Crippen LogP contribution in [0.2, 0.25) is 5.02 Å². The molecule has 0 bridgehead atoms. The maximum Gasteiger partial charge on any atom is 0.319 e. The molecule has 0 radical (unpaired) electrons. The lowest BCUT2D eigenvalue weighted by molar-refractivity contribution is 0.244. The van der Waals surface area contributed by atoms with Crippen LogP contribution in [0.4, 0.5) is 10.5 Å². The van der Waals surface area contributed by atoms with Gasteiger partial charge in [0.15, 0.2) is 0 Å². The molecule has 18 heavy (non-hydrogen) atoms. The number of benzene rings is 1. The second-order valence-electron chi connectivity index (χ2n) is 4.90. The quantitative estimate of drug-likeness (QED) is 0.831. The first-order valence-corrected chi connectivity index (χ1v) is 6.86. The van der Waals surface area contributed by atoms with Crippen molar-refractivity contribution in [2.45, 2.75) is 45.1 Å². The van der Waals surface area contributed by atoms with Crippen LogP contribution in [0.5, 0.6) is 0 Å². The Morgan fingerprint density at radius 1 is 1.28 bits per heavy atom. The number of anilines is 1. The minimum absolute atomic E-state index is 0.137. The van der Waals surface area contributed by atoms with E-state index in [2.05, 4.69) is 10.6 Å². The third kappa shape index (κ3) is 3.64. The highest BCUT2D eigenvalue weighted by molar-refractivity contribution is 6.31. The average molecular weight is 267 g/mol. The molecule has 2 amide bonds. The Labute approximate surface area is 113 Å². The summed E-state index contributed by atoms with van der Waals surface area (Å²) in [6, 6.07) is 5.72. The van der Waals surface area contributed by atoms with Gasteiger partial charge in [-0.15, -0.1) is 0 Å². The van der Waals surface area contributed by atoms with Crippen molar-refractivity contribution in [1.29, 1.82) is 0 Å². The van der Waals surface area contributed by atoms with E-state index in [0.29, 0.717) is 11.1 Å². The van der Waals surface area contributed by atoms with Gasteiger partial charge in [-0.3, -0.25) is 0 Å². The normalized spacial score (nSPS) is 16.3. The van der Waals surface area contributed by atoms with Gasteiger partial charge in [0.2, 0.25) is 0 Å². The number of rotatable bonds is 2. The van der Waals surface area contributed by atoms with Crippen LogP contribution in [-0.4, -0.2) is 12.1 Å². The number of hydrogen-bond donors (Lipinski definition) is 2. The van der Waals surface area contributed by atoms with Gasteiger partial charge < -0.3 is 10.6 Å². The first-order chi connectivity index (χ1) is 8.65. The topological polar surface area (TPSA) is 41.1 Å². The summed E-state index contributed by atoms with van der Waals surface area (Å²) in [4.78, 5) is 11.8. The zero-order chi connectivity index (χ0) is 13.0. The second-order valence-corrected chi connectivity index (χ2v) is 5.30. The third-order valence-corrected chi connectivity index (χ3v) is 3.78. The molecule has 0 spiro atoms. The number of nitrogens with one attached hydrogen (secondary N) is 2. The van der Waals surface area contributed by atoms with Crippen molar-refractivity contribution in [3.05, 3.63) is 28.8 Å². The van der Waals surface area contributed by atoms with E-state index < -0.39 is 0 Å². The Balaban J connectivity index is 1.88. The number of carbonyl (C=O) groups excluding carboxylic acids is 1. The maximum absolute atomic E-state index is 11.8. The molecular weight excluding hydrogens is 248 g/mol. The van der Waals surface area contributed by atoms with Crippen LogP contribution in [0.25, 0.3) is 0 Å². The van der Waals surface area contributed by atoms with E-state index in [1.165, 1.54) is 19.3 Å². The van der Waals surface area contributed by atoms with Gasteiger partial charge in [0.05, 0.1) is 0 Å². The highest BCUT2D eigenvalue weighted by Crippen LogP contribution is 2.20. The maximum atomic E-state index is 11.8. The Bertz CT molecular complexity index is 428. The monoisotopic (exact) mass is 266 g/mol. The summed E-state index contributed by atoms with van der Waals surface area (Å²) in [5, 5.41) is 6.50. The smallest absolute Gasteiger partial charge is 0.319 e. The molecule has 0 saturated heterocycles. The molecule has 0 aromatic heterocycles. The molecule has 98 valence electrons. The molecule has 3 nitrogen and oxygen atoms in total. The molecule has 1 aromatic carbocycles. The number of carbonyl (C=O) groups is 1. The number of hydrogen-bond acceptors (Lipinski definition) is 1. The summed E-state index contributed by atoms with van der Waals surface area (Å²) >= 11 is 6.02. The largest absolute Gasteiger partial charge is 0.335 e. The molecule has 0 unspecified atom stereocenters. The standard InChI is InChI=1S/C14H19ClN2O/c1-10-7-8-12(9-13(10)15)17-14(18)16-11-5-3-2-4-6-11/h7-9,11H,2-6H2,1H3,(H2,16,17,18). The lowest BCUT2D eigenvalue weighted by Gasteiger charge is -2.22. The predicted molar refractivity (Wildman–Crippen MR) is 75.2 cm³/mol. The van der Waals surface area contributed by atoms with Gasteiger partial charge in [0.25, 0.3) is 0 Å². The molecule has 4 heteroatoms. The molecule has 0 atom stereocenters. The number of amides is 2. The van der Waals surface area contributed by atoms with Gasteiger partial charge in [-0.2, -0.15) is 0 Å². The van der Waals surface area contributed by atoms with E-state index in [1.807, 2.05) is 19.1 Å². The Hall–Kier alpha value is -1.22. The molecule has 0 aliphatic heterocycles. The average Bonchev–Trinajstić information content (AvgIpc) is 2.35. The van der Waals surface area contributed by atoms with Gasteiger partial charge >= 0.3 is 6.03 Å². The van der Waals surface area contributed by atoms with Crippen LogP contribution < -0.4 is 10.6 Å². The predicted octanol–water partition coefficient (Wildman–Crippen LogP) is 4.10. The highest BCUT2D eigenvalue weighted by atomic mass is 35.5.